The largest absolute Gasteiger partial charge is 0.494 e. The number of rotatable bonds is 7. The molecule has 6 heteroatoms. The molecule has 1 saturated carbocycles. The van der Waals surface area contributed by atoms with E-state index in [4.69, 9.17) is 4.74 Å². The molecule has 4 rings (SSSR count). The lowest BCUT2D eigenvalue weighted by Gasteiger charge is -2.40. The number of amides is 2. The molecule has 0 radical (unpaired) electrons. The Hall–Kier alpha value is -2.89. The summed E-state index contributed by atoms with van der Waals surface area (Å²) in [6.45, 7) is 4.34. The van der Waals surface area contributed by atoms with Gasteiger partial charge in [0.2, 0.25) is 5.91 Å². The smallest absolute Gasteiger partial charge is 0.254 e. The third-order valence-electron chi connectivity index (χ3n) is 6.92. The van der Waals surface area contributed by atoms with Crippen LogP contribution >= 0.6 is 0 Å². The molecule has 1 unspecified atom stereocenters. The van der Waals surface area contributed by atoms with E-state index in [1.54, 1.807) is 12.4 Å². The van der Waals surface area contributed by atoms with Crippen molar-refractivity contribution in [2.75, 3.05) is 26.2 Å². The molecule has 2 fully saturated rings. The molecule has 2 aliphatic rings. The molecule has 176 valence electrons. The Morgan fingerprint density at radius 3 is 2.70 bits per heavy atom. The highest BCUT2D eigenvalue weighted by Crippen LogP contribution is 2.26. The minimum Gasteiger partial charge on any atom is -0.494 e. The first-order chi connectivity index (χ1) is 16.1. The number of piperazine rings is 1. The average molecular weight is 450 g/mol. The average Bonchev–Trinajstić information content (AvgIpc) is 2.85. The van der Waals surface area contributed by atoms with Crippen LogP contribution < -0.4 is 4.74 Å². The van der Waals surface area contributed by atoms with Crippen LogP contribution in [-0.4, -0.2) is 58.9 Å². The molecular weight excluding hydrogens is 414 g/mol. The first-order valence-electron chi connectivity index (χ1n) is 12.3. The van der Waals surface area contributed by atoms with E-state index in [9.17, 15) is 9.59 Å². The van der Waals surface area contributed by atoms with Crippen LogP contribution in [0.15, 0.2) is 48.8 Å². The number of nitrogens with zero attached hydrogens (tertiary/aromatic N) is 3. The van der Waals surface area contributed by atoms with Crippen molar-refractivity contribution in [2.24, 2.45) is 5.92 Å². The zero-order valence-corrected chi connectivity index (χ0v) is 19.6. The molecule has 0 N–H and O–H groups in total. The van der Waals surface area contributed by atoms with Gasteiger partial charge in [-0.3, -0.25) is 14.6 Å². The van der Waals surface area contributed by atoms with Crippen molar-refractivity contribution in [3.8, 4) is 5.75 Å². The molecule has 0 spiro atoms. The van der Waals surface area contributed by atoms with Crippen molar-refractivity contribution >= 4 is 11.8 Å². The minimum absolute atomic E-state index is 0.000381. The maximum absolute atomic E-state index is 13.2. The van der Waals surface area contributed by atoms with Crippen LogP contribution in [-0.2, 0) is 11.2 Å². The lowest BCUT2D eigenvalue weighted by molar-refractivity contribution is -0.132. The molecule has 1 saturated heterocycles. The van der Waals surface area contributed by atoms with E-state index in [0.717, 1.165) is 23.7 Å². The topological polar surface area (TPSA) is 62.7 Å². The third kappa shape index (κ3) is 6.34. The highest BCUT2D eigenvalue weighted by atomic mass is 16.5. The van der Waals surface area contributed by atoms with Gasteiger partial charge in [-0.1, -0.05) is 44.2 Å². The molecule has 2 heterocycles. The lowest BCUT2D eigenvalue weighted by atomic mass is 9.87. The Morgan fingerprint density at radius 1 is 1.09 bits per heavy atom. The summed E-state index contributed by atoms with van der Waals surface area (Å²) in [5, 5.41) is 0. The van der Waals surface area contributed by atoms with E-state index in [1.807, 2.05) is 53.1 Å². The fraction of sp³-hybridized carbons (Fsp3) is 0.519. The van der Waals surface area contributed by atoms with Crippen molar-refractivity contribution in [3.63, 3.8) is 0 Å². The van der Waals surface area contributed by atoms with Gasteiger partial charge in [0, 0.05) is 43.6 Å². The van der Waals surface area contributed by atoms with Gasteiger partial charge in [0.05, 0.1) is 13.0 Å². The predicted octanol–water partition coefficient (Wildman–Crippen LogP) is 4.35. The molecular formula is C27H35N3O3. The Kier molecular flexibility index (Phi) is 7.97. The monoisotopic (exact) mass is 449 g/mol. The highest BCUT2D eigenvalue weighted by Gasteiger charge is 2.30. The Balaban J connectivity index is 1.29. The van der Waals surface area contributed by atoms with Gasteiger partial charge in [0.15, 0.2) is 0 Å². The normalized spacial score (nSPS) is 19.4. The molecule has 2 aromatic rings. The van der Waals surface area contributed by atoms with Gasteiger partial charge < -0.3 is 14.5 Å². The first kappa shape index (κ1) is 23.3. The molecule has 1 aromatic carbocycles. The van der Waals surface area contributed by atoms with Gasteiger partial charge in [-0.25, -0.2) is 0 Å². The Morgan fingerprint density at radius 2 is 1.94 bits per heavy atom. The Labute approximate surface area is 196 Å². The summed E-state index contributed by atoms with van der Waals surface area (Å²) in [5.74, 6) is 1.62. The molecule has 1 aliphatic heterocycles. The summed E-state index contributed by atoms with van der Waals surface area (Å²) in [6, 6.07) is 11.2. The number of carbonyl (C=O) groups is 2. The summed E-state index contributed by atoms with van der Waals surface area (Å²) in [5.41, 5.74) is 1.56. The molecule has 1 atom stereocenters. The van der Waals surface area contributed by atoms with Crippen LogP contribution in [0, 0.1) is 5.92 Å². The van der Waals surface area contributed by atoms with E-state index < -0.39 is 0 Å². The SMILES string of the molecule is CC1CN(C(=O)Cc2cccnc2)CCN1C(=O)c1cccc(OCCC2CCCCC2)c1. The fourth-order valence-corrected chi connectivity index (χ4v) is 4.98. The van der Waals surface area contributed by atoms with Gasteiger partial charge in [0.1, 0.15) is 5.75 Å². The van der Waals surface area contributed by atoms with E-state index in [0.29, 0.717) is 38.2 Å². The molecule has 6 nitrogen and oxygen atoms in total. The molecule has 1 aromatic heterocycles. The van der Waals surface area contributed by atoms with Gasteiger partial charge in [-0.15, -0.1) is 0 Å². The summed E-state index contributed by atoms with van der Waals surface area (Å²) in [4.78, 5) is 33.7. The van der Waals surface area contributed by atoms with Crippen molar-refractivity contribution in [3.05, 3.63) is 59.9 Å². The summed E-state index contributed by atoms with van der Waals surface area (Å²) in [7, 11) is 0. The number of hydrogen-bond donors (Lipinski definition) is 0. The summed E-state index contributed by atoms with van der Waals surface area (Å²) >= 11 is 0. The van der Waals surface area contributed by atoms with Crippen LogP contribution in [0.2, 0.25) is 0 Å². The number of pyridine rings is 1. The van der Waals surface area contributed by atoms with Gasteiger partial charge in [-0.2, -0.15) is 0 Å². The third-order valence-corrected chi connectivity index (χ3v) is 6.92. The lowest BCUT2D eigenvalue weighted by Crippen LogP contribution is -2.55. The first-order valence-corrected chi connectivity index (χ1v) is 12.3. The van der Waals surface area contributed by atoms with E-state index in [2.05, 4.69) is 4.98 Å². The Bertz CT molecular complexity index is 927. The number of ether oxygens (including phenoxy) is 1. The number of benzene rings is 1. The molecule has 33 heavy (non-hydrogen) atoms. The van der Waals surface area contributed by atoms with E-state index in [-0.39, 0.29) is 17.9 Å². The highest BCUT2D eigenvalue weighted by molar-refractivity contribution is 5.95. The number of hydrogen-bond acceptors (Lipinski definition) is 4. The maximum Gasteiger partial charge on any atom is 0.254 e. The van der Waals surface area contributed by atoms with Crippen molar-refractivity contribution < 1.29 is 14.3 Å². The van der Waals surface area contributed by atoms with Crippen LogP contribution in [0.25, 0.3) is 0 Å². The summed E-state index contributed by atoms with van der Waals surface area (Å²) in [6.07, 6.45) is 11.5. The number of carbonyl (C=O) groups excluding carboxylic acids is 2. The van der Waals surface area contributed by atoms with Crippen LogP contribution in [0.3, 0.4) is 0 Å². The predicted molar refractivity (Wildman–Crippen MR) is 128 cm³/mol. The van der Waals surface area contributed by atoms with Crippen molar-refractivity contribution in [2.45, 2.75) is 57.9 Å². The fourth-order valence-electron chi connectivity index (χ4n) is 4.98. The summed E-state index contributed by atoms with van der Waals surface area (Å²) < 4.78 is 5.99. The second kappa shape index (κ2) is 11.3. The van der Waals surface area contributed by atoms with Gasteiger partial charge >= 0.3 is 0 Å². The van der Waals surface area contributed by atoms with Crippen LogP contribution in [0.4, 0.5) is 0 Å². The van der Waals surface area contributed by atoms with Crippen molar-refractivity contribution in [1.29, 1.82) is 0 Å². The van der Waals surface area contributed by atoms with E-state index >= 15 is 0 Å². The maximum atomic E-state index is 13.2. The second-order valence-corrected chi connectivity index (χ2v) is 9.39. The van der Waals surface area contributed by atoms with Crippen LogP contribution in [0.1, 0.15) is 61.4 Å². The molecule has 1 aliphatic carbocycles. The minimum atomic E-state index is -0.0417. The van der Waals surface area contributed by atoms with E-state index in [1.165, 1.54) is 32.1 Å². The van der Waals surface area contributed by atoms with Crippen LogP contribution in [0.5, 0.6) is 5.75 Å². The second-order valence-electron chi connectivity index (χ2n) is 9.39. The van der Waals surface area contributed by atoms with Crippen molar-refractivity contribution in [1.82, 2.24) is 14.8 Å². The standard InChI is InChI=1S/C27H35N3O3/c1-21-20-29(26(31)17-23-9-6-13-28-19-23)14-15-30(21)27(32)24-10-5-11-25(18-24)33-16-12-22-7-3-2-4-8-22/h5-6,9-11,13,18-19,21-22H,2-4,7-8,12,14-17,20H2,1H3. The number of aromatic nitrogens is 1. The molecule has 0 bridgehead atoms. The van der Waals surface area contributed by atoms with Gasteiger partial charge in [0.25, 0.3) is 5.91 Å². The molecule has 2 amide bonds. The zero-order chi connectivity index (χ0) is 23.0. The zero-order valence-electron chi connectivity index (χ0n) is 19.6. The van der Waals surface area contributed by atoms with Gasteiger partial charge in [-0.05, 0) is 49.1 Å². The quantitative estimate of drug-likeness (QED) is 0.631.